The van der Waals surface area contributed by atoms with Crippen LogP contribution in [-0.2, 0) is 11.3 Å². The summed E-state index contributed by atoms with van der Waals surface area (Å²) < 4.78 is 12.9. The molecule has 5 nitrogen and oxygen atoms in total. The first-order valence-corrected chi connectivity index (χ1v) is 7.69. The first-order valence-electron chi connectivity index (χ1n) is 7.69. The molecule has 0 spiro atoms. The summed E-state index contributed by atoms with van der Waals surface area (Å²) in [5.74, 6) is 0.872. The lowest BCUT2D eigenvalue weighted by Gasteiger charge is -2.21. The van der Waals surface area contributed by atoms with Crippen LogP contribution in [0.3, 0.4) is 0 Å². The van der Waals surface area contributed by atoms with Gasteiger partial charge in [-0.05, 0) is 39.7 Å². The zero-order chi connectivity index (χ0) is 14.8. The van der Waals surface area contributed by atoms with E-state index in [4.69, 9.17) is 9.47 Å². The van der Waals surface area contributed by atoms with Crippen molar-refractivity contribution in [2.45, 2.75) is 52.6 Å². The van der Waals surface area contributed by atoms with E-state index in [2.05, 4.69) is 24.3 Å². The van der Waals surface area contributed by atoms with Crippen LogP contribution in [0.4, 0.5) is 0 Å². The van der Waals surface area contributed by atoms with Crippen molar-refractivity contribution in [3.8, 4) is 5.75 Å². The zero-order valence-electron chi connectivity index (χ0n) is 13.3. The summed E-state index contributed by atoms with van der Waals surface area (Å²) in [5.41, 5.74) is 1.15. The molecule has 0 aliphatic rings. The summed E-state index contributed by atoms with van der Waals surface area (Å²) in [5, 5.41) is 8.00. The SMILES string of the molecule is CCCNC(CCCOCC)c1c(OC)cnn1CC. The van der Waals surface area contributed by atoms with E-state index in [9.17, 15) is 0 Å². The third kappa shape index (κ3) is 4.80. The molecule has 20 heavy (non-hydrogen) atoms. The maximum absolute atomic E-state index is 5.46. The fraction of sp³-hybridized carbons (Fsp3) is 0.800. The van der Waals surface area contributed by atoms with Crippen molar-refractivity contribution in [2.24, 2.45) is 0 Å². The number of aryl methyl sites for hydroxylation is 1. The molecule has 0 amide bonds. The minimum atomic E-state index is 0.271. The van der Waals surface area contributed by atoms with E-state index in [0.717, 1.165) is 57.0 Å². The number of nitrogens with one attached hydrogen (secondary N) is 1. The topological polar surface area (TPSA) is 48.3 Å². The molecule has 0 saturated heterocycles. The van der Waals surface area contributed by atoms with Crippen LogP contribution in [0.1, 0.15) is 51.8 Å². The van der Waals surface area contributed by atoms with Crippen LogP contribution < -0.4 is 10.1 Å². The summed E-state index contributed by atoms with van der Waals surface area (Å²) in [4.78, 5) is 0. The van der Waals surface area contributed by atoms with Crippen molar-refractivity contribution < 1.29 is 9.47 Å². The largest absolute Gasteiger partial charge is 0.493 e. The van der Waals surface area contributed by atoms with E-state index >= 15 is 0 Å². The summed E-state index contributed by atoms with van der Waals surface area (Å²) in [7, 11) is 1.71. The molecule has 1 rings (SSSR count). The minimum Gasteiger partial charge on any atom is -0.493 e. The Kier molecular flexibility index (Phi) is 8.30. The molecular formula is C15H29N3O2. The number of methoxy groups -OCH3 is 1. The predicted octanol–water partition coefficient (Wildman–Crippen LogP) is 2.77. The second kappa shape index (κ2) is 9.77. The van der Waals surface area contributed by atoms with Gasteiger partial charge in [0, 0.05) is 19.8 Å². The molecule has 1 N–H and O–H groups in total. The van der Waals surface area contributed by atoms with Gasteiger partial charge in [0.25, 0.3) is 0 Å². The average molecular weight is 283 g/mol. The van der Waals surface area contributed by atoms with E-state index in [1.807, 2.05) is 17.8 Å². The minimum absolute atomic E-state index is 0.271. The standard InChI is InChI=1S/C15H29N3O2/c1-5-10-16-13(9-8-11-20-7-3)15-14(19-4)12-17-18(15)6-2/h12-13,16H,5-11H2,1-4H3. The van der Waals surface area contributed by atoms with Gasteiger partial charge in [0.15, 0.2) is 5.75 Å². The molecule has 0 saturated carbocycles. The van der Waals surface area contributed by atoms with E-state index in [1.54, 1.807) is 7.11 Å². The summed E-state index contributed by atoms with van der Waals surface area (Å²) in [6.45, 7) is 9.76. The average Bonchev–Trinajstić information content (AvgIpc) is 2.89. The van der Waals surface area contributed by atoms with Crippen molar-refractivity contribution in [1.29, 1.82) is 0 Å². The first kappa shape index (κ1) is 17.0. The molecule has 0 aliphatic heterocycles. The fourth-order valence-electron chi connectivity index (χ4n) is 2.33. The number of hydrogen-bond acceptors (Lipinski definition) is 4. The Morgan fingerprint density at radius 1 is 1.35 bits per heavy atom. The molecule has 0 bridgehead atoms. The zero-order valence-corrected chi connectivity index (χ0v) is 13.3. The van der Waals surface area contributed by atoms with Gasteiger partial charge >= 0.3 is 0 Å². The number of aromatic nitrogens is 2. The quantitative estimate of drug-likeness (QED) is 0.634. The Morgan fingerprint density at radius 3 is 2.75 bits per heavy atom. The van der Waals surface area contributed by atoms with E-state index in [0.29, 0.717) is 0 Å². The lowest BCUT2D eigenvalue weighted by atomic mass is 10.1. The maximum atomic E-state index is 5.46. The molecule has 1 atom stereocenters. The molecular weight excluding hydrogens is 254 g/mol. The van der Waals surface area contributed by atoms with Crippen molar-refractivity contribution in [2.75, 3.05) is 26.9 Å². The van der Waals surface area contributed by atoms with E-state index in [1.165, 1.54) is 0 Å². The second-order valence-electron chi connectivity index (χ2n) is 4.76. The molecule has 0 fully saturated rings. The molecule has 116 valence electrons. The Bertz CT molecular complexity index is 345. The van der Waals surface area contributed by atoms with Gasteiger partial charge in [0.1, 0.15) is 0 Å². The van der Waals surface area contributed by atoms with Crippen LogP contribution in [-0.4, -0.2) is 36.6 Å². The summed E-state index contributed by atoms with van der Waals surface area (Å²) in [6, 6.07) is 0.271. The van der Waals surface area contributed by atoms with Crippen molar-refractivity contribution in [3.63, 3.8) is 0 Å². The van der Waals surface area contributed by atoms with Crippen LogP contribution in [0.5, 0.6) is 5.75 Å². The summed E-state index contributed by atoms with van der Waals surface area (Å²) >= 11 is 0. The van der Waals surface area contributed by atoms with E-state index in [-0.39, 0.29) is 6.04 Å². The van der Waals surface area contributed by atoms with Crippen LogP contribution in [0.2, 0.25) is 0 Å². The van der Waals surface area contributed by atoms with Gasteiger partial charge in [-0.25, -0.2) is 0 Å². The van der Waals surface area contributed by atoms with Gasteiger partial charge in [-0.2, -0.15) is 5.10 Å². The first-order chi connectivity index (χ1) is 9.78. The highest BCUT2D eigenvalue weighted by atomic mass is 16.5. The van der Waals surface area contributed by atoms with Crippen molar-refractivity contribution >= 4 is 0 Å². The highest BCUT2D eigenvalue weighted by molar-refractivity contribution is 5.28. The van der Waals surface area contributed by atoms with Gasteiger partial charge in [-0.3, -0.25) is 4.68 Å². The molecule has 0 radical (unpaired) electrons. The second-order valence-corrected chi connectivity index (χ2v) is 4.76. The van der Waals surface area contributed by atoms with Crippen molar-refractivity contribution in [1.82, 2.24) is 15.1 Å². The molecule has 0 aromatic carbocycles. The van der Waals surface area contributed by atoms with E-state index < -0.39 is 0 Å². The van der Waals surface area contributed by atoms with Gasteiger partial charge < -0.3 is 14.8 Å². The third-order valence-corrected chi connectivity index (χ3v) is 3.32. The van der Waals surface area contributed by atoms with Gasteiger partial charge in [-0.1, -0.05) is 6.92 Å². The highest BCUT2D eigenvalue weighted by Crippen LogP contribution is 2.28. The Hall–Kier alpha value is -1.07. The molecule has 1 unspecified atom stereocenters. The summed E-state index contributed by atoms with van der Waals surface area (Å²) in [6.07, 6.45) is 4.99. The lowest BCUT2D eigenvalue weighted by Crippen LogP contribution is -2.25. The predicted molar refractivity (Wildman–Crippen MR) is 81.2 cm³/mol. The van der Waals surface area contributed by atoms with Gasteiger partial charge in [0.05, 0.1) is 25.0 Å². The number of rotatable bonds is 11. The highest BCUT2D eigenvalue weighted by Gasteiger charge is 2.20. The Morgan fingerprint density at radius 2 is 2.15 bits per heavy atom. The van der Waals surface area contributed by atoms with Crippen LogP contribution in [0.25, 0.3) is 0 Å². The molecule has 1 heterocycles. The lowest BCUT2D eigenvalue weighted by molar-refractivity contribution is 0.140. The van der Waals surface area contributed by atoms with Crippen molar-refractivity contribution in [3.05, 3.63) is 11.9 Å². The van der Waals surface area contributed by atoms with Crippen LogP contribution >= 0.6 is 0 Å². The Labute approximate surface area is 122 Å². The number of ether oxygens (including phenoxy) is 2. The molecule has 5 heteroatoms. The maximum Gasteiger partial charge on any atom is 0.161 e. The smallest absolute Gasteiger partial charge is 0.161 e. The number of hydrogen-bond donors (Lipinski definition) is 1. The third-order valence-electron chi connectivity index (χ3n) is 3.32. The van der Waals surface area contributed by atoms with Crippen LogP contribution in [0.15, 0.2) is 6.20 Å². The number of nitrogens with zero attached hydrogens (tertiary/aromatic N) is 2. The van der Waals surface area contributed by atoms with Gasteiger partial charge in [0.2, 0.25) is 0 Å². The molecule has 0 aliphatic carbocycles. The normalized spacial score (nSPS) is 12.6. The molecule has 1 aromatic rings. The fourth-order valence-corrected chi connectivity index (χ4v) is 2.33. The van der Waals surface area contributed by atoms with Gasteiger partial charge in [-0.15, -0.1) is 0 Å². The van der Waals surface area contributed by atoms with Crippen LogP contribution in [0, 0.1) is 0 Å². The monoisotopic (exact) mass is 283 g/mol. The Balaban J connectivity index is 2.77. The molecule has 1 aromatic heterocycles.